The van der Waals surface area contributed by atoms with E-state index in [1.54, 1.807) is 0 Å². The largest absolute Gasteiger partial charge is 0.481 e. The van der Waals surface area contributed by atoms with E-state index in [-0.39, 0.29) is 24.1 Å². The molecule has 1 heterocycles. The van der Waals surface area contributed by atoms with Gasteiger partial charge >= 0.3 is 5.97 Å². The Bertz CT molecular complexity index is 799. The average Bonchev–Trinajstić information content (AvgIpc) is 3.05. The molecule has 8 nitrogen and oxygen atoms in total. The lowest BCUT2D eigenvalue weighted by molar-refractivity contribution is -0.138. The maximum atomic E-state index is 12.1. The van der Waals surface area contributed by atoms with Gasteiger partial charge in [-0.25, -0.2) is 5.43 Å². The number of rotatable bonds is 13. The summed E-state index contributed by atoms with van der Waals surface area (Å²) in [4.78, 5) is 46.9. The number of carbonyl (C=O) groups is 4. The number of carboxylic acid groups (broad SMARTS) is 1. The van der Waals surface area contributed by atoms with E-state index >= 15 is 0 Å². The van der Waals surface area contributed by atoms with Crippen LogP contribution in [0.1, 0.15) is 56.9 Å². The first-order chi connectivity index (χ1) is 14.5. The number of hydrogen-bond acceptors (Lipinski definition) is 5. The van der Waals surface area contributed by atoms with Gasteiger partial charge in [0.2, 0.25) is 5.91 Å². The summed E-state index contributed by atoms with van der Waals surface area (Å²) < 4.78 is 0. The molecule has 0 saturated carbocycles. The van der Waals surface area contributed by atoms with Crippen molar-refractivity contribution in [1.82, 2.24) is 10.3 Å². The molecular formula is C22H27N3O5. The number of hydrazone groups is 1. The molecule has 0 aliphatic carbocycles. The van der Waals surface area contributed by atoms with Crippen LogP contribution in [0.3, 0.4) is 0 Å². The van der Waals surface area contributed by atoms with Crippen LogP contribution >= 0.6 is 0 Å². The molecule has 1 aromatic carbocycles. The van der Waals surface area contributed by atoms with Crippen molar-refractivity contribution in [2.24, 2.45) is 5.10 Å². The lowest BCUT2D eigenvalue weighted by Gasteiger charge is -2.12. The highest BCUT2D eigenvalue weighted by Gasteiger charge is 2.22. The maximum Gasteiger partial charge on any atom is 0.303 e. The fourth-order valence-corrected chi connectivity index (χ4v) is 3.03. The summed E-state index contributed by atoms with van der Waals surface area (Å²) in [5.41, 5.74) is 4.19. The van der Waals surface area contributed by atoms with Gasteiger partial charge in [0.25, 0.3) is 11.8 Å². The van der Waals surface area contributed by atoms with Crippen LogP contribution in [-0.2, 0) is 19.2 Å². The van der Waals surface area contributed by atoms with Crippen LogP contribution in [0.25, 0.3) is 0 Å². The van der Waals surface area contributed by atoms with Crippen LogP contribution in [0.5, 0.6) is 0 Å². The second kappa shape index (κ2) is 12.3. The molecule has 0 unspecified atom stereocenters. The van der Waals surface area contributed by atoms with E-state index in [1.165, 1.54) is 17.1 Å². The molecule has 2 rings (SSSR count). The topological polar surface area (TPSA) is 116 Å². The summed E-state index contributed by atoms with van der Waals surface area (Å²) in [5, 5.41) is 13.0. The molecule has 2 N–H and O–H groups in total. The van der Waals surface area contributed by atoms with E-state index in [0.29, 0.717) is 50.8 Å². The standard InChI is InChI=1S/C22H27N3O5/c26-19(12-5-2-8-16-25-20(27)14-15-21(25)28)24-23-18(11-6-7-13-22(29)30)17-9-3-1-4-10-17/h1,3-4,9-10,14-15H,2,5-8,11-13,16H2,(H,24,26)(H,29,30). The SMILES string of the molecule is O=C(O)CCCCC(=NNC(=O)CCCCCN1C(=O)C=CC1=O)c1ccccc1. The number of hydrogen-bond donors (Lipinski definition) is 2. The summed E-state index contributed by atoms with van der Waals surface area (Å²) in [6.45, 7) is 0.360. The Morgan fingerprint density at radius 1 is 0.867 bits per heavy atom. The maximum absolute atomic E-state index is 12.1. The molecule has 1 aliphatic rings. The van der Waals surface area contributed by atoms with Crippen LogP contribution in [0.4, 0.5) is 0 Å². The van der Waals surface area contributed by atoms with Crippen molar-refractivity contribution >= 4 is 29.4 Å². The van der Waals surface area contributed by atoms with Gasteiger partial charge in [0.05, 0.1) is 5.71 Å². The van der Waals surface area contributed by atoms with Gasteiger partial charge in [0.1, 0.15) is 0 Å². The third-order valence-electron chi connectivity index (χ3n) is 4.66. The average molecular weight is 413 g/mol. The summed E-state index contributed by atoms with van der Waals surface area (Å²) in [7, 11) is 0. The molecule has 0 bridgehead atoms. The molecule has 1 aromatic rings. The zero-order chi connectivity index (χ0) is 21.8. The highest BCUT2D eigenvalue weighted by atomic mass is 16.4. The Morgan fingerprint density at radius 2 is 1.50 bits per heavy atom. The Balaban J connectivity index is 1.73. The van der Waals surface area contributed by atoms with Crippen LogP contribution in [-0.4, -0.2) is 46.0 Å². The van der Waals surface area contributed by atoms with Gasteiger partial charge < -0.3 is 5.11 Å². The molecule has 8 heteroatoms. The minimum atomic E-state index is -0.823. The monoisotopic (exact) mass is 413 g/mol. The van der Waals surface area contributed by atoms with Crippen molar-refractivity contribution in [3.8, 4) is 0 Å². The Hall–Kier alpha value is -3.29. The number of imide groups is 1. The van der Waals surface area contributed by atoms with Crippen molar-refractivity contribution in [2.75, 3.05) is 6.54 Å². The molecule has 30 heavy (non-hydrogen) atoms. The van der Waals surface area contributed by atoms with Gasteiger partial charge in [-0.1, -0.05) is 36.8 Å². The molecule has 1 aliphatic heterocycles. The van der Waals surface area contributed by atoms with Crippen molar-refractivity contribution in [3.05, 3.63) is 48.0 Å². The zero-order valence-electron chi connectivity index (χ0n) is 16.9. The first kappa shape index (κ1) is 23.0. The highest BCUT2D eigenvalue weighted by molar-refractivity contribution is 6.12. The number of carboxylic acids is 1. The number of carbonyl (C=O) groups excluding carboxylic acids is 3. The summed E-state index contributed by atoms with van der Waals surface area (Å²) >= 11 is 0. The first-order valence-electron chi connectivity index (χ1n) is 10.1. The Labute approximate surface area is 175 Å². The molecule has 160 valence electrons. The Kier molecular flexibility index (Phi) is 9.44. The van der Waals surface area contributed by atoms with E-state index in [4.69, 9.17) is 5.11 Å². The summed E-state index contributed by atoms with van der Waals surface area (Å²) in [5.74, 6) is -1.60. The first-order valence-corrected chi connectivity index (χ1v) is 10.1. The molecular weight excluding hydrogens is 386 g/mol. The van der Waals surface area contributed by atoms with E-state index in [1.807, 2.05) is 30.3 Å². The van der Waals surface area contributed by atoms with Crippen LogP contribution in [0.2, 0.25) is 0 Å². The number of nitrogens with one attached hydrogen (secondary N) is 1. The number of aliphatic carboxylic acids is 1. The second-order valence-corrected chi connectivity index (χ2v) is 7.03. The van der Waals surface area contributed by atoms with E-state index in [0.717, 1.165) is 12.0 Å². The number of benzene rings is 1. The number of unbranched alkanes of at least 4 members (excludes halogenated alkanes) is 3. The zero-order valence-corrected chi connectivity index (χ0v) is 16.9. The highest BCUT2D eigenvalue weighted by Crippen LogP contribution is 2.10. The predicted octanol–water partition coefficient (Wildman–Crippen LogP) is 2.64. The van der Waals surface area contributed by atoms with E-state index in [2.05, 4.69) is 10.5 Å². The van der Waals surface area contributed by atoms with Crippen LogP contribution in [0, 0.1) is 0 Å². The second-order valence-electron chi connectivity index (χ2n) is 7.03. The van der Waals surface area contributed by atoms with Crippen LogP contribution < -0.4 is 5.43 Å². The lowest BCUT2D eigenvalue weighted by atomic mass is 10.0. The quantitative estimate of drug-likeness (QED) is 0.223. The van der Waals surface area contributed by atoms with Gasteiger partial charge in [-0.15, -0.1) is 0 Å². The molecule has 0 spiro atoms. The third-order valence-corrected chi connectivity index (χ3v) is 4.66. The van der Waals surface area contributed by atoms with E-state index < -0.39 is 5.97 Å². The molecule has 3 amide bonds. The van der Waals surface area contributed by atoms with Crippen molar-refractivity contribution < 1.29 is 24.3 Å². The van der Waals surface area contributed by atoms with Gasteiger partial charge in [-0.3, -0.25) is 24.1 Å². The minimum Gasteiger partial charge on any atom is -0.481 e. The van der Waals surface area contributed by atoms with Gasteiger partial charge in [-0.2, -0.15) is 5.10 Å². The Morgan fingerprint density at radius 3 is 2.17 bits per heavy atom. The van der Waals surface area contributed by atoms with Crippen molar-refractivity contribution in [3.63, 3.8) is 0 Å². The normalized spacial score (nSPS) is 13.7. The van der Waals surface area contributed by atoms with Crippen LogP contribution in [0.15, 0.2) is 47.6 Å². The smallest absolute Gasteiger partial charge is 0.303 e. The summed E-state index contributed by atoms with van der Waals surface area (Å²) in [6.07, 6.45) is 6.71. The fourth-order valence-electron chi connectivity index (χ4n) is 3.03. The van der Waals surface area contributed by atoms with Gasteiger partial charge in [0, 0.05) is 31.5 Å². The van der Waals surface area contributed by atoms with E-state index in [9.17, 15) is 19.2 Å². The molecule has 0 saturated heterocycles. The lowest BCUT2D eigenvalue weighted by Crippen LogP contribution is -2.30. The minimum absolute atomic E-state index is 0.110. The molecule has 0 fully saturated rings. The fraction of sp³-hybridized carbons (Fsp3) is 0.409. The van der Waals surface area contributed by atoms with Crippen molar-refractivity contribution in [2.45, 2.75) is 51.4 Å². The van der Waals surface area contributed by atoms with Crippen molar-refractivity contribution in [1.29, 1.82) is 0 Å². The molecule has 0 radical (unpaired) electrons. The molecule has 0 atom stereocenters. The third kappa shape index (κ3) is 7.98. The summed E-state index contributed by atoms with van der Waals surface area (Å²) in [6, 6.07) is 9.46. The van der Waals surface area contributed by atoms with Gasteiger partial charge in [-0.05, 0) is 37.7 Å². The molecule has 0 aromatic heterocycles. The van der Waals surface area contributed by atoms with Gasteiger partial charge in [0.15, 0.2) is 0 Å². The predicted molar refractivity (Wildman–Crippen MR) is 112 cm³/mol. The number of nitrogens with zero attached hydrogens (tertiary/aromatic N) is 2. The number of amides is 3.